The van der Waals surface area contributed by atoms with Crippen molar-refractivity contribution in [1.82, 2.24) is 10.6 Å². The number of amides is 1. The second kappa shape index (κ2) is 6.66. The molecule has 5 nitrogen and oxygen atoms in total. The second-order valence-electron chi connectivity index (χ2n) is 5.01. The minimum atomic E-state index is -0.633. The van der Waals surface area contributed by atoms with Gasteiger partial charge in [-0.05, 0) is 23.1 Å². The van der Waals surface area contributed by atoms with Crippen LogP contribution in [0.15, 0.2) is 65.2 Å². The number of thioether (sulfide) groups is 1. The molecule has 116 valence electrons. The van der Waals surface area contributed by atoms with E-state index in [0.29, 0.717) is 6.54 Å². The Morgan fingerprint density at radius 1 is 1.17 bits per heavy atom. The molecule has 0 saturated carbocycles. The van der Waals surface area contributed by atoms with Crippen molar-refractivity contribution in [2.24, 2.45) is 0 Å². The van der Waals surface area contributed by atoms with Crippen LogP contribution in [0.5, 0.6) is 0 Å². The fourth-order valence-corrected chi connectivity index (χ4v) is 3.19. The van der Waals surface area contributed by atoms with E-state index in [1.54, 1.807) is 11.6 Å². The first-order chi connectivity index (χ1) is 11.2. The molecule has 0 aromatic heterocycles. The first kappa shape index (κ1) is 15.3. The van der Waals surface area contributed by atoms with Gasteiger partial charge in [0.15, 0.2) is 0 Å². The molecule has 0 saturated heterocycles. The summed E-state index contributed by atoms with van der Waals surface area (Å²) in [7, 11) is 0. The van der Waals surface area contributed by atoms with Crippen LogP contribution < -0.4 is 10.6 Å². The van der Waals surface area contributed by atoms with Gasteiger partial charge in [-0.25, -0.2) is 0 Å². The lowest BCUT2D eigenvalue weighted by Gasteiger charge is -2.19. The molecule has 23 heavy (non-hydrogen) atoms. The van der Waals surface area contributed by atoms with Gasteiger partial charge in [0.25, 0.3) is 5.91 Å². The molecule has 1 aromatic rings. The number of carbonyl (C=O) groups excluding carboxylic acids is 3. The van der Waals surface area contributed by atoms with E-state index in [1.165, 1.54) is 17.8 Å². The van der Waals surface area contributed by atoms with Gasteiger partial charge in [-0.2, -0.15) is 0 Å². The Kier molecular flexibility index (Phi) is 4.43. The molecule has 2 aliphatic rings. The summed E-state index contributed by atoms with van der Waals surface area (Å²) >= 11 is 1.35. The maximum atomic E-state index is 12.4. The lowest BCUT2D eigenvalue weighted by atomic mass is 9.94. The quantitative estimate of drug-likeness (QED) is 0.647. The highest BCUT2D eigenvalue weighted by Crippen LogP contribution is 2.28. The number of hydrogen-bond donors (Lipinski definition) is 2. The molecule has 1 heterocycles. The van der Waals surface area contributed by atoms with Crippen molar-refractivity contribution >= 4 is 29.2 Å². The van der Waals surface area contributed by atoms with Gasteiger partial charge in [0.05, 0.1) is 0 Å². The fourth-order valence-electron chi connectivity index (χ4n) is 2.35. The summed E-state index contributed by atoms with van der Waals surface area (Å²) in [5, 5.41) is 7.14. The number of Topliss-reactive ketones (excluding diaryl/α,β-unsaturated/α-hetero) is 1. The molecule has 2 N–H and O–H groups in total. The Morgan fingerprint density at radius 2 is 1.96 bits per heavy atom. The Morgan fingerprint density at radius 3 is 2.65 bits per heavy atom. The van der Waals surface area contributed by atoms with E-state index >= 15 is 0 Å². The maximum absolute atomic E-state index is 12.4. The molecule has 1 atom stereocenters. The van der Waals surface area contributed by atoms with E-state index in [0.717, 1.165) is 11.6 Å². The van der Waals surface area contributed by atoms with Crippen LogP contribution >= 0.6 is 11.8 Å². The monoisotopic (exact) mass is 326 g/mol. The van der Waals surface area contributed by atoms with Crippen molar-refractivity contribution in [3.8, 4) is 0 Å². The Bertz CT molecular complexity index is 742. The van der Waals surface area contributed by atoms with Gasteiger partial charge >= 0.3 is 0 Å². The SMILES string of the molecule is O=C1C=CC(C(=O)NCc2ccccc2)=C(C2NC=CS2)C1=O. The molecular formula is C17H14N2O3S. The Balaban J connectivity index is 1.82. The molecule has 1 aliphatic heterocycles. The van der Waals surface area contributed by atoms with Crippen molar-refractivity contribution in [1.29, 1.82) is 0 Å². The Hall–Kier alpha value is -2.60. The minimum Gasteiger partial charge on any atom is -0.375 e. The third-order valence-corrected chi connectivity index (χ3v) is 4.43. The zero-order chi connectivity index (χ0) is 16.2. The Labute approximate surface area is 137 Å². The summed E-state index contributed by atoms with van der Waals surface area (Å²) in [5.74, 6) is -1.60. The van der Waals surface area contributed by atoms with Gasteiger partial charge in [-0.1, -0.05) is 30.3 Å². The zero-order valence-corrected chi connectivity index (χ0v) is 12.9. The number of hydrogen-bond acceptors (Lipinski definition) is 5. The maximum Gasteiger partial charge on any atom is 0.252 e. The molecule has 0 fully saturated rings. The highest BCUT2D eigenvalue weighted by atomic mass is 32.2. The molecule has 1 aromatic carbocycles. The third-order valence-electron chi connectivity index (χ3n) is 3.49. The first-order valence-corrected chi connectivity index (χ1v) is 8.00. The van der Waals surface area contributed by atoms with Crippen molar-refractivity contribution in [2.45, 2.75) is 11.9 Å². The number of allylic oxidation sites excluding steroid dienone is 1. The van der Waals surface area contributed by atoms with Crippen LogP contribution in [0.3, 0.4) is 0 Å². The van der Waals surface area contributed by atoms with Crippen molar-refractivity contribution in [3.63, 3.8) is 0 Å². The molecule has 1 unspecified atom stereocenters. The van der Waals surface area contributed by atoms with Crippen molar-refractivity contribution < 1.29 is 14.4 Å². The average molecular weight is 326 g/mol. The highest BCUT2D eigenvalue weighted by Gasteiger charge is 2.33. The fraction of sp³-hybridized carbons (Fsp3) is 0.118. The van der Waals surface area contributed by atoms with Crippen LogP contribution in [-0.4, -0.2) is 22.8 Å². The molecule has 3 rings (SSSR count). The van der Waals surface area contributed by atoms with E-state index in [4.69, 9.17) is 0 Å². The third kappa shape index (κ3) is 3.27. The predicted molar refractivity (Wildman–Crippen MR) is 88.1 cm³/mol. The molecular weight excluding hydrogens is 312 g/mol. The minimum absolute atomic E-state index is 0.207. The van der Waals surface area contributed by atoms with Gasteiger partial charge in [-0.3, -0.25) is 14.4 Å². The summed E-state index contributed by atoms with van der Waals surface area (Å²) in [6.07, 6.45) is 4.26. The summed E-state index contributed by atoms with van der Waals surface area (Å²) < 4.78 is 0. The topological polar surface area (TPSA) is 75.3 Å². The second-order valence-corrected chi connectivity index (χ2v) is 6.02. The van der Waals surface area contributed by atoms with Crippen LogP contribution in [0.25, 0.3) is 0 Å². The lowest BCUT2D eigenvalue weighted by Crippen LogP contribution is -2.35. The van der Waals surface area contributed by atoms with Crippen LogP contribution in [-0.2, 0) is 20.9 Å². The number of benzene rings is 1. The highest BCUT2D eigenvalue weighted by molar-refractivity contribution is 8.03. The van der Waals surface area contributed by atoms with Gasteiger partial charge < -0.3 is 10.6 Å². The number of rotatable bonds is 4. The van der Waals surface area contributed by atoms with Crippen molar-refractivity contribution in [2.75, 3.05) is 0 Å². The number of ketones is 2. The van der Waals surface area contributed by atoms with Gasteiger partial charge in [-0.15, -0.1) is 11.8 Å². The molecule has 1 amide bonds. The standard InChI is InChI=1S/C17H14N2O3S/c20-13-7-6-12(14(15(13)21)17-18-8-9-23-17)16(22)19-10-11-4-2-1-3-5-11/h1-9,17-18H,10H2,(H,19,22). The molecule has 0 spiro atoms. The molecule has 6 heteroatoms. The molecule has 0 radical (unpaired) electrons. The average Bonchev–Trinajstić information content (AvgIpc) is 3.10. The largest absolute Gasteiger partial charge is 0.375 e. The van der Waals surface area contributed by atoms with Gasteiger partial charge in [0.2, 0.25) is 11.6 Å². The summed E-state index contributed by atoms with van der Waals surface area (Å²) in [5.41, 5.74) is 1.40. The van der Waals surface area contributed by atoms with Crippen LogP contribution in [0.4, 0.5) is 0 Å². The molecule has 0 bridgehead atoms. The van der Waals surface area contributed by atoms with E-state index in [-0.39, 0.29) is 17.1 Å². The van der Waals surface area contributed by atoms with E-state index in [1.807, 2.05) is 30.3 Å². The number of nitrogens with one attached hydrogen (secondary N) is 2. The normalized spacial score (nSPS) is 19.9. The first-order valence-electron chi connectivity index (χ1n) is 7.06. The summed E-state index contributed by atoms with van der Waals surface area (Å²) in [6.45, 7) is 0.357. The van der Waals surface area contributed by atoms with E-state index < -0.39 is 16.9 Å². The van der Waals surface area contributed by atoms with Crippen molar-refractivity contribution in [3.05, 3.63) is 70.8 Å². The van der Waals surface area contributed by atoms with Gasteiger partial charge in [0.1, 0.15) is 5.37 Å². The molecule has 1 aliphatic carbocycles. The summed E-state index contributed by atoms with van der Waals surface area (Å²) in [6, 6.07) is 9.48. The van der Waals surface area contributed by atoms with Gasteiger partial charge in [0, 0.05) is 23.9 Å². The summed E-state index contributed by atoms with van der Waals surface area (Å²) in [4.78, 5) is 36.3. The van der Waals surface area contributed by atoms with E-state index in [9.17, 15) is 14.4 Å². The van der Waals surface area contributed by atoms with Crippen LogP contribution in [0.2, 0.25) is 0 Å². The number of carbonyl (C=O) groups is 3. The van der Waals surface area contributed by atoms with Crippen LogP contribution in [0, 0.1) is 0 Å². The smallest absolute Gasteiger partial charge is 0.252 e. The van der Waals surface area contributed by atoms with E-state index in [2.05, 4.69) is 10.6 Å². The van der Waals surface area contributed by atoms with Crippen LogP contribution in [0.1, 0.15) is 5.56 Å². The zero-order valence-electron chi connectivity index (χ0n) is 12.1. The predicted octanol–water partition coefficient (Wildman–Crippen LogP) is 1.44. The lowest BCUT2D eigenvalue weighted by molar-refractivity contribution is -0.132.